The standard InChI is InChI=1S/2C21H23N3O2.2ClHO4/c2*1-4-22-14-10-18-16(9-12(14)3)24-21-19(26-18)11-15(23-5-2)13-7-6-8-17(25)20(13)21;2*2-1(3,4)5/h2*6-11,15,22-24H,4-5H2,1-3H3;2*(H,2,3,4,5). The molecule has 0 amide bonds. The number of nitrogens with one attached hydrogen (secondary N) is 4. The van der Waals surface area contributed by atoms with Crippen molar-refractivity contribution in [1.82, 2.24) is 10.6 Å². The Morgan fingerprint density at radius 2 is 0.935 bits per heavy atom. The van der Waals surface area contributed by atoms with E-state index >= 15 is 0 Å². The fraction of sp³-hybridized carbons (Fsp3) is 0.286. The number of carbonyl (C=O) groups excluding carboxylic acids is 2. The number of ether oxygens (including phenoxy) is 2. The largest absolute Gasteiger partial charge is 0.445 e. The summed E-state index contributed by atoms with van der Waals surface area (Å²) in [6.07, 6.45) is 15.1. The number of halogens is 2. The van der Waals surface area contributed by atoms with Crippen LogP contribution in [0.25, 0.3) is 0 Å². The number of hydrogen-bond acceptors (Lipinski definition) is 16. The summed E-state index contributed by atoms with van der Waals surface area (Å²) in [5.41, 5.74) is 11.8. The normalized spacial score (nSPS) is 19.2. The smallest absolute Gasteiger partial charge is 0.192 e. The molecular formula is C42H48Cl2N6O12. The fourth-order valence-corrected chi connectivity index (χ4v) is 7.47. The number of allylic oxidation sites excluding steroid dienone is 6. The average Bonchev–Trinajstić information content (AvgIpc) is 3.17. The van der Waals surface area contributed by atoms with Gasteiger partial charge in [0.2, 0.25) is 0 Å². The van der Waals surface area contributed by atoms with Crippen molar-refractivity contribution in [2.75, 3.05) is 36.8 Å². The first-order valence-corrected chi connectivity index (χ1v) is 22.0. The summed E-state index contributed by atoms with van der Waals surface area (Å²) in [4.78, 5) is 25.3. The third-order valence-electron chi connectivity index (χ3n) is 9.83. The highest BCUT2D eigenvalue weighted by Crippen LogP contribution is 2.40. The van der Waals surface area contributed by atoms with Crippen LogP contribution in [0, 0.1) is 34.3 Å². The van der Waals surface area contributed by atoms with Gasteiger partial charge in [0.1, 0.15) is 0 Å². The van der Waals surface area contributed by atoms with E-state index in [1.54, 1.807) is 12.2 Å². The van der Waals surface area contributed by atoms with E-state index in [4.69, 9.17) is 46.7 Å². The minimum atomic E-state index is -4.94. The van der Waals surface area contributed by atoms with Gasteiger partial charge in [-0.05, 0) is 87.4 Å². The Balaban J connectivity index is 0.000000193. The van der Waals surface area contributed by atoms with Crippen LogP contribution in [0.4, 0.5) is 22.7 Å². The molecule has 20 heteroatoms. The summed E-state index contributed by atoms with van der Waals surface area (Å²) in [5, 5.41) is 17.8. The quantitative estimate of drug-likeness (QED) is 0.135. The number of nitrogens with two attached hydrogens (primary N) is 2. The van der Waals surface area contributed by atoms with Crippen molar-refractivity contribution in [3.05, 3.63) is 129 Å². The molecule has 0 aromatic heterocycles. The fourth-order valence-electron chi connectivity index (χ4n) is 7.47. The van der Waals surface area contributed by atoms with Gasteiger partial charge in [-0.3, -0.25) is 20.2 Å². The molecule has 2 aromatic carbocycles. The molecule has 2 heterocycles. The lowest BCUT2D eigenvalue weighted by Crippen LogP contribution is -2.79. The van der Waals surface area contributed by atoms with Gasteiger partial charge in [-0.1, -0.05) is 38.2 Å². The minimum Gasteiger partial charge on any atom is -0.445 e. The van der Waals surface area contributed by atoms with Crippen molar-refractivity contribution in [3.63, 3.8) is 0 Å². The Morgan fingerprint density at radius 3 is 1.26 bits per heavy atom. The van der Waals surface area contributed by atoms with Crippen LogP contribution in [0.3, 0.4) is 0 Å². The lowest BCUT2D eigenvalue weighted by molar-refractivity contribution is -2.00. The van der Waals surface area contributed by atoms with E-state index < -0.39 is 20.5 Å². The van der Waals surface area contributed by atoms with Gasteiger partial charge < -0.3 is 30.7 Å². The third-order valence-corrected chi connectivity index (χ3v) is 9.83. The highest BCUT2D eigenvalue weighted by atomic mass is 35.7. The Kier molecular flexibility index (Phi) is 15.9. The molecule has 0 spiro atoms. The number of quaternary nitrogens is 2. The molecule has 2 aromatic rings. The number of likely N-dealkylation sites (N-methyl/N-ethyl adjacent to an activating group) is 2. The number of hydrogen-bond donors (Lipinski definition) is 6. The van der Waals surface area contributed by atoms with Crippen molar-refractivity contribution in [2.24, 2.45) is 0 Å². The van der Waals surface area contributed by atoms with E-state index in [0.29, 0.717) is 0 Å². The van der Waals surface area contributed by atoms with Gasteiger partial charge in [-0.2, -0.15) is 0 Å². The topological polar surface area (TPSA) is 318 Å². The highest BCUT2D eigenvalue weighted by molar-refractivity contribution is 6.11. The molecule has 2 aliphatic heterocycles. The molecule has 0 saturated carbocycles. The summed E-state index contributed by atoms with van der Waals surface area (Å²) in [7, 11) is -9.89. The predicted molar refractivity (Wildman–Crippen MR) is 205 cm³/mol. The molecule has 332 valence electrons. The summed E-state index contributed by atoms with van der Waals surface area (Å²) < 4.78 is 80.4. The van der Waals surface area contributed by atoms with Gasteiger partial charge in [-0.15, -0.1) is 20.5 Å². The molecule has 18 nitrogen and oxygen atoms in total. The molecular weight excluding hydrogens is 851 g/mol. The number of ketones is 2. The molecule has 0 fully saturated rings. The second-order valence-corrected chi connectivity index (χ2v) is 15.6. The number of rotatable bonds is 8. The SMILES string of the molecule is CCNc1cc2c(cc1C)[NH2+]C1=C3C(=O)C=CC=C3C(NCC)C=C1O2.CCNc1cc2c(cc1C)[NH2+]C1=C3C(=O)C=CC=C3C(NCC)C=C1O2.[O-][Cl+3]([O-])([O-])[O-].[O-][Cl+3]([O-])([O-])[O-]. The average molecular weight is 900 g/mol. The third kappa shape index (κ3) is 12.1. The van der Waals surface area contributed by atoms with E-state index in [-0.39, 0.29) is 23.7 Å². The van der Waals surface area contributed by atoms with Crippen LogP contribution < -0.4 is 78.6 Å². The number of benzene rings is 2. The van der Waals surface area contributed by atoms with Gasteiger partial charge in [0.05, 0.1) is 23.2 Å². The number of carbonyl (C=O) groups is 2. The molecule has 2 atom stereocenters. The molecule has 0 saturated heterocycles. The van der Waals surface area contributed by atoms with Gasteiger partial charge >= 0.3 is 0 Å². The van der Waals surface area contributed by atoms with Gasteiger partial charge in [0.15, 0.2) is 57.4 Å². The van der Waals surface area contributed by atoms with Crippen LogP contribution >= 0.6 is 0 Å². The maximum Gasteiger partial charge on any atom is 0.192 e. The zero-order chi connectivity index (χ0) is 45.5. The number of fused-ring (bicyclic) bond motifs is 6. The molecule has 62 heavy (non-hydrogen) atoms. The van der Waals surface area contributed by atoms with Crippen molar-refractivity contribution >= 4 is 34.3 Å². The summed E-state index contributed by atoms with van der Waals surface area (Å²) in [6.45, 7) is 15.8. The van der Waals surface area contributed by atoms with Crippen molar-refractivity contribution in [2.45, 2.75) is 53.6 Å². The predicted octanol–water partition coefficient (Wildman–Crippen LogP) is -5.09. The number of aryl methyl sites for hydroxylation is 2. The first kappa shape index (κ1) is 48.0. The van der Waals surface area contributed by atoms with Crippen molar-refractivity contribution in [1.29, 1.82) is 0 Å². The Morgan fingerprint density at radius 1 is 0.581 bits per heavy atom. The minimum absolute atomic E-state index is 0.0173. The van der Waals surface area contributed by atoms with E-state index in [0.717, 1.165) is 117 Å². The van der Waals surface area contributed by atoms with E-state index in [1.165, 1.54) is 0 Å². The van der Waals surface area contributed by atoms with Crippen LogP contribution in [-0.2, 0) is 9.59 Å². The van der Waals surface area contributed by atoms with Crippen LogP contribution in [0.5, 0.6) is 11.5 Å². The Labute approximate surface area is 362 Å². The van der Waals surface area contributed by atoms with Gasteiger partial charge in [0, 0.05) is 48.7 Å². The first-order valence-electron chi connectivity index (χ1n) is 19.6. The van der Waals surface area contributed by atoms with E-state index in [1.807, 2.05) is 36.4 Å². The second kappa shape index (κ2) is 20.5. The zero-order valence-corrected chi connectivity index (χ0v) is 36.2. The highest BCUT2D eigenvalue weighted by Gasteiger charge is 2.40. The van der Waals surface area contributed by atoms with Crippen LogP contribution in [-0.4, -0.2) is 49.8 Å². The van der Waals surface area contributed by atoms with Gasteiger partial charge in [0.25, 0.3) is 0 Å². The molecule has 2 unspecified atom stereocenters. The molecule has 0 bridgehead atoms. The first-order chi connectivity index (χ1) is 29.2. The lowest BCUT2D eigenvalue weighted by Gasteiger charge is -2.31. The molecule has 4 aliphatic carbocycles. The van der Waals surface area contributed by atoms with E-state index in [2.05, 4.69) is 97.7 Å². The monoisotopic (exact) mass is 898 g/mol. The molecule has 8 rings (SSSR count). The van der Waals surface area contributed by atoms with Crippen LogP contribution in [0.2, 0.25) is 0 Å². The van der Waals surface area contributed by atoms with Crippen LogP contribution in [0.15, 0.2) is 118 Å². The molecule has 0 radical (unpaired) electrons. The summed E-state index contributed by atoms with van der Waals surface area (Å²) >= 11 is 0. The summed E-state index contributed by atoms with van der Waals surface area (Å²) in [6, 6.07) is 8.28. The Hall–Kier alpha value is -5.00. The Bertz CT molecular complexity index is 2160. The van der Waals surface area contributed by atoms with E-state index in [9.17, 15) is 9.59 Å². The zero-order valence-electron chi connectivity index (χ0n) is 34.7. The summed E-state index contributed by atoms with van der Waals surface area (Å²) in [5.74, 6) is 3.23. The van der Waals surface area contributed by atoms with Gasteiger partial charge in [-0.25, -0.2) is 37.3 Å². The van der Waals surface area contributed by atoms with Crippen LogP contribution in [0.1, 0.15) is 38.8 Å². The molecule has 6 aliphatic rings. The van der Waals surface area contributed by atoms with Crippen molar-refractivity contribution in [3.8, 4) is 11.5 Å². The maximum absolute atomic E-state index is 12.6. The maximum atomic E-state index is 12.6. The molecule has 8 N–H and O–H groups in total. The van der Waals surface area contributed by atoms with Crippen molar-refractivity contribution < 1.29 is 87.5 Å². The second-order valence-electron chi connectivity index (χ2n) is 14.1. The number of anilines is 2. The lowest BCUT2D eigenvalue weighted by atomic mass is 9.84.